The molecule has 2 saturated heterocycles. The Hall–Kier alpha value is -0.100. The van der Waals surface area contributed by atoms with Crippen LogP contribution in [0.4, 0.5) is 0 Å². The van der Waals surface area contributed by atoms with Gasteiger partial charge in [-0.1, -0.05) is 13.8 Å². The summed E-state index contributed by atoms with van der Waals surface area (Å²) in [5.74, 6) is 3.79. The second-order valence-corrected chi connectivity index (χ2v) is 9.54. The zero-order chi connectivity index (χ0) is 19.1. The number of rotatable bonds is 7. The molecule has 0 spiro atoms. The summed E-state index contributed by atoms with van der Waals surface area (Å²) in [6.07, 6.45) is 1.23. The highest BCUT2D eigenvalue weighted by atomic mass is 127. The molecule has 0 bridgehead atoms. The molecule has 160 valence electrons. The molecule has 1 atom stereocenters. The minimum absolute atomic E-state index is 0. The number of hydrogen-bond acceptors (Lipinski definition) is 6. The highest BCUT2D eigenvalue weighted by Crippen LogP contribution is 2.33. The Morgan fingerprint density at radius 3 is 2.75 bits per heavy atom. The van der Waals surface area contributed by atoms with E-state index in [1.165, 1.54) is 17.9 Å². The predicted octanol–water partition coefficient (Wildman–Crippen LogP) is 3.15. The Labute approximate surface area is 194 Å². The van der Waals surface area contributed by atoms with E-state index in [2.05, 4.69) is 53.4 Å². The largest absolute Gasteiger partial charge is 0.379 e. The monoisotopic (exact) mass is 539 g/mol. The third-order valence-electron chi connectivity index (χ3n) is 5.23. The molecule has 1 unspecified atom stereocenters. The van der Waals surface area contributed by atoms with Crippen LogP contribution >= 0.6 is 47.1 Å². The molecule has 0 aromatic carbocycles. The lowest BCUT2D eigenvalue weighted by Crippen LogP contribution is -2.60. The second kappa shape index (κ2) is 11.9. The van der Waals surface area contributed by atoms with Crippen molar-refractivity contribution in [3.8, 4) is 0 Å². The molecular weight excluding hydrogens is 505 g/mol. The maximum atomic E-state index is 5.56. The number of hydrogen-bond donors (Lipinski definition) is 2. The molecule has 6 nitrogen and oxygen atoms in total. The van der Waals surface area contributed by atoms with Crippen molar-refractivity contribution in [1.82, 2.24) is 20.5 Å². The van der Waals surface area contributed by atoms with Crippen LogP contribution in [0.1, 0.15) is 43.8 Å². The van der Waals surface area contributed by atoms with E-state index in [0.29, 0.717) is 12.5 Å². The molecular formula is C19H34IN5OS2. The Bertz CT molecular complexity index is 613. The molecule has 2 N–H and O–H groups in total. The molecule has 0 saturated carbocycles. The molecule has 0 aliphatic carbocycles. The Kier molecular flexibility index (Phi) is 10.3. The molecule has 3 heterocycles. The zero-order valence-electron chi connectivity index (χ0n) is 17.2. The molecule has 1 aromatic heterocycles. The van der Waals surface area contributed by atoms with Gasteiger partial charge in [0.2, 0.25) is 0 Å². The Balaban J connectivity index is 0.00000280. The van der Waals surface area contributed by atoms with Crippen LogP contribution in [0.5, 0.6) is 0 Å². The van der Waals surface area contributed by atoms with Gasteiger partial charge in [-0.2, -0.15) is 11.8 Å². The van der Waals surface area contributed by atoms with Gasteiger partial charge in [-0.25, -0.2) is 9.98 Å². The molecule has 2 fully saturated rings. The second-order valence-electron chi connectivity index (χ2n) is 7.50. The summed E-state index contributed by atoms with van der Waals surface area (Å²) in [5.41, 5.74) is 1.38. The van der Waals surface area contributed by atoms with Gasteiger partial charge in [0.25, 0.3) is 0 Å². The standard InChI is InChI=1S/C19H33N5OS2.HI/c1-4-20-18(21-11-17-23-16(12-27-17)15(2)3)22-13-19(5-10-26-14-19)24-6-8-25-9-7-24;/h12,15H,4-11,13-14H2,1-3H3,(H2,20,21,22);1H. The van der Waals surface area contributed by atoms with E-state index in [1.807, 2.05) is 0 Å². The van der Waals surface area contributed by atoms with E-state index < -0.39 is 0 Å². The minimum atomic E-state index is 0. The van der Waals surface area contributed by atoms with Crippen LogP contribution in [-0.2, 0) is 11.3 Å². The van der Waals surface area contributed by atoms with Crippen LogP contribution in [0.15, 0.2) is 10.4 Å². The average molecular weight is 540 g/mol. The SMILES string of the molecule is CCNC(=NCc1nc(C(C)C)cs1)NCC1(N2CCOCC2)CCSC1.I. The van der Waals surface area contributed by atoms with E-state index in [4.69, 9.17) is 14.7 Å². The first kappa shape index (κ1) is 24.2. The summed E-state index contributed by atoms with van der Waals surface area (Å²) in [6.45, 7) is 12.7. The zero-order valence-corrected chi connectivity index (χ0v) is 21.2. The van der Waals surface area contributed by atoms with Crippen LogP contribution in [0.25, 0.3) is 0 Å². The van der Waals surface area contributed by atoms with Crippen LogP contribution in [0.3, 0.4) is 0 Å². The van der Waals surface area contributed by atoms with Crippen molar-refractivity contribution in [1.29, 1.82) is 0 Å². The van der Waals surface area contributed by atoms with Crippen molar-refractivity contribution in [2.45, 2.75) is 45.2 Å². The van der Waals surface area contributed by atoms with Crippen LogP contribution in [0.2, 0.25) is 0 Å². The summed E-state index contributed by atoms with van der Waals surface area (Å²) in [4.78, 5) is 12.1. The smallest absolute Gasteiger partial charge is 0.191 e. The van der Waals surface area contributed by atoms with Gasteiger partial charge in [0.05, 0.1) is 25.5 Å². The summed E-state index contributed by atoms with van der Waals surface area (Å²) >= 11 is 3.77. The molecule has 28 heavy (non-hydrogen) atoms. The third-order valence-corrected chi connectivity index (χ3v) is 7.31. The molecule has 0 amide bonds. The highest BCUT2D eigenvalue weighted by Gasteiger charge is 2.40. The van der Waals surface area contributed by atoms with Gasteiger partial charge in [-0.3, -0.25) is 4.90 Å². The topological polar surface area (TPSA) is 61.8 Å². The molecule has 9 heteroatoms. The van der Waals surface area contributed by atoms with E-state index in [1.54, 1.807) is 11.3 Å². The quantitative estimate of drug-likeness (QED) is 0.316. The fourth-order valence-corrected chi connectivity index (χ4v) is 5.89. The first-order valence-corrected chi connectivity index (χ1v) is 12.0. The fraction of sp³-hybridized carbons (Fsp3) is 0.789. The van der Waals surface area contributed by atoms with E-state index in [-0.39, 0.29) is 29.5 Å². The van der Waals surface area contributed by atoms with Gasteiger partial charge in [0.15, 0.2) is 5.96 Å². The molecule has 2 aliphatic heterocycles. The van der Waals surface area contributed by atoms with Gasteiger partial charge >= 0.3 is 0 Å². The van der Waals surface area contributed by atoms with Crippen molar-refractivity contribution in [2.24, 2.45) is 4.99 Å². The maximum Gasteiger partial charge on any atom is 0.191 e. The van der Waals surface area contributed by atoms with Crippen LogP contribution < -0.4 is 10.6 Å². The first-order chi connectivity index (χ1) is 13.1. The normalized spacial score (nSPS) is 23.6. The number of halogens is 1. The van der Waals surface area contributed by atoms with Crippen molar-refractivity contribution >= 4 is 53.0 Å². The number of thioether (sulfide) groups is 1. The van der Waals surface area contributed by atoms with Gasteiger partial charge in [0.1, 0.15) is 5.01 Å². The summed E-state index contributed by atoms with van der Waals surface area (Å²) in [7, 11) is 0. The van der Waals surface area contributed by atoms with Gasteiger partial charge in [0, 0.05) is 42.9 Å². The van der Waals surface area contributed by atoms with Gasteiger partial charge in [-0.15, -0.1) is 35.3 Å². The predicted molar refractivity (Wildman–Crippen MR) is 132 cm³/mol. The summed E-state index contributed by atoms with van der Waals surface area (Å²) in [5, 5.41) is 10.2. The van der Waals surface area contributed by atoms with Gasteiger partial charge in [-0.05, 0) is 25.0 Å². The van der Waals surface area contributed by atoms with Crippen LogP contribution in [0, 0.1) is 0 Å². The summed E-state index contributed by atoms with van der Waals surface area (Å²) < 4.78 is 5.56. The molecule has 0 radical (unpaired) electrons. The molecule has 2 aliphatic rings. The Morgan fingerprint density at radius 2 is 2.14 bits per heavy atom. The lowest BCUT2D eigenvalue weighted by molar-refractivity contribution is -0.0120. The van der Waals surface area contributed by atoms with Crippen LogP contribution in [-0.4, -0.2) is 72.3 Å². The average Bonchev–Trinajstić information content (AvgIpc) is 3.35. The fourth-order valence-electron chi connectivity index (χ4n) is 3.53. The number of ether oxygens (including phenoxy) is 1. The summed E-state index contributed by atoms with van der Waals surface area (Å²) in [6, 6.07) is 0. The maximum absolute atomic E-state index is 5.56. The third kappa shape index (κ3) is 6.45. The van der Waals surface area contributed by atoms with E-state index in [0.717, 1.165) is 56.1 Å². The van der Waals surface area contributed by atoms with E-state index in [9.17, 15) is 0 Å². The lowest BCUT2D eigenvalue weighted by Gasteiger charge is -2.43. The number of aliphatic imine (C=N–C) groups is 1. The lowest BCUT2D eigenvalue weighted by atomic mass is 9.95. The number of thiazole rings is 1. The van der Waals surface area contributed by atoms with E-state index >= 15 is 0 Å². The Morgan fingerprint density at radius 1 is 1.36 bits per heavy atom. The number of guanidine groups is 1. The number of nitrogens with zero attached hydrogens (tertiary/aromatic N) is 3. The van der Waals surface area contributed by atoms with Crippen molar-refractivity contribution < 1.29 is 4.74 Å². The minimum Gasteiger partial charge on any atom is -0.379 e. The molecule has 3 rings (SSSR count). The van der Waals surface area contributed by atoms with Crippen molar-refractivity contribution in [2.75, 3.05) is 50.9 Å². The number of aromatic nitrogens is 1. The van der Waals surface area contributed by atoms with Gasteiger partial charge < -0.3 is 15.4 Å². The van der Waals surface area contributed by atoms with Crippen molar-refractivity contribution in [3.05, 3.63) is 16.1 Å². The van der Waals surface area contributed by atoms with Crippen molar-refractivity contribution in [3.63, 3.8) is 0 Å². The number of nitrogens with one attached hydrogen (secondary N) is 2. The highest BCUT2D eigenvalue weighted by molar-refractivity contribution is 14.0. The first-order valence-electron chi connectivity index (χ1n) is 10.00. The molecule has 1 aromatic rings. The number of morpholine rings is 1.